The van der Waals surface area contributed by atoms with Crippen LogP contribution >= 0.6 is 11.6 Å². The lowest BCUT2D eigenvalue weighted by atomic mass is 10.2. The number of amides is 1. The fourth-order valence-corrected chi connectivity index (χ4v) is 1.51. The van der Waals surface area contributed by atoms with E-state index in [1.807, 2.05) is 0 Å². The molecular weight excluding hydrogens is 291 g/mol. The number of anilines is 1. The van der Waals surface area contributed by atoms with Crippen LogP contribution in [0.5, 0.6) is 0 Å². The molecule has 0 aliphatic carbocycles. The molecule has 1 aromatic carbocycles. The van der Waals surface area contributed by atoms with Crippen molar-refractivity contribution >= 4 is 28.9 Å². The summed E-state index contributed by atoms with van der Waals surface area (Å²) in [5.74, 6) is -1.58. The number of aromatic nitrogens is 2. The number of non-ortho nitro benzene ring substituents is 1. The fraction of sp³-hybridized carbons (Fsp3) is 0. The zero-order chi connectivity index (χ0) is 14.7. The quantitative estimate of drug-likeness (QED) is 0.693. The Kier molecular flexibility index (Phi) is 3.85. The van der Waals surface area contributed by atoms with E-state index in [2.05, 4.69) is 15.3 Å². The molecule has 20 heavy (non-hydrogen) atoms. The van der Waals surface area contributed by atoms with Gasteiger partial charge in [-0.25, -0.2) is 9.37 Å². The van der Waals surface area contributed by atoms with Crippen LogP contribution in [0.15, 0.2) is 30.6 Å². The average molecular weight is 297 g/mol. The Balaban J connectivity index is 2.27. The van der Waals surface area contributed by atoms with Gasteiger partial charge in [0.15, 0.2) is 0 Å². The number of carbonyl (C=O) groups is 1. The van der Waals surface area contributed by atoms with E-state index in [0.717, 1.165) is 24.4 Å². The molecule has 0 unspecified atom stereocenters. The molecule has 9 heteroatoms. The number of halogens is 2. The number of carbonyl (C=O) groups excluding carboxylic acids is 1. The molecule has 0 fully saturated rings. The zero-order valence-corrected chi connectivity index (χ0v) is 10.5. The van der Waals surface area contributed by atoms with Crippen LogP contribution in [0.25, 0.3) is 0 Å². The summed E-state index contributed by atoms with van der Waals surface area (Å²) in [6.45, 7) is 0. The molecule has 0 saturated heterocycles. The minimum absolute atomic E-state index is 0.00263. The standard InChI is InChI=1S/C11H6ClFN4O3/c12-10-5-14-4-9(15-10)11(18)16-8-3-6(17(19)20)1-2-7(8)13/h1-5H,(H,16,18). The van der Waals surface area contributed by atoms with E-state index in [1.165, 1.54) is 6.20 Å². The van der Waals surface area contributed by atoms with E-state index in [4.69, 9.17) is 11.6 Å². The van der Waals surface area contributed by atoms with Crippen LogP contribution in [0.2, 0.25) is 5.15 Å². The van der Waals surface area contributed by atoms with E-state index in [9.17, 15) is 19.3 Å². The smallest absolute Gasteiger partial charge is 0.276 e. The topological polar surface area (TPSA) is 98.0 Å². The highest BCUT2D eigenvalue weighted by molar-refractivity contribution is 6.29. The van der Waals surface area contributed by atoms with Crippen molar-refractivity contribution in [3.63, 3.8) is 0 Å². The van der Waals surface area contributed by atoms with E-state index in [-0.39, 0.29) is 22.2 Å². The predicted octanol–water partition coefficient (Wildman–Crippen LogP) is 2.43. The lowest BCUT2D eigenvalue weighted by Gasteiger charge is -2.05. The van der Waals surface area contributed by atoms with Gasteiger partial charge in [-0.2, -0.15) is 0 Å². The van der Waals surface area contributed by atoms with Crippen molar-refractivity contribution in [3.8, 4) is 0 Å². The van der Waals surface area contributed by atoms with Gasteiger partial charge >= 0.3 is 0 Å². The van der Waals surface area contributed by atoms with Gasteiger partial charge in [0.25, 0.3) is 11.6 Å². The Bertz CT molecular complexity index is 695. The van der Waals surface area contributed by atoms with Crippen LogP contribution in [0.4, 0.5) is 15.8 Å². The van der Waals surface area contributed by atoms with Crippen molar-refractivity contribution in [3.05, 3.63) is 57.4 Å². The lowest BCUT2D eigenvalue weighted by Crippen LogP contribution is -2.15. The molecule has 0 spiro atoms. The van der Waals surface area contributed by atoms with Crippen molar-refractivity contribution in [2.24, 2.45) is 0 Å². The summed E-state index contributed by atoms with van der Waals surface area (Å²) < 4.78 is 13.5. The van der Waals surface area contributed by atoms with Gasteiger partial charge in [0, 0.05) is 12.1 Å². The predicted molar refractivity (Wildman–Crippen MR) is 68.0 cm³/mol. The zero-order valence-electron chi connectivity index (χ0n) is 9.71. The molecule has 102 valence electrons. The molecule has 0 bridgehead atoms. The molecule has 2 aromatic rings. The highest BCUT2D eigenvalue weighted by Crippen LogP contribution is 2.21. The van der Waals surface area contributed by atoms with Crippen molar-refractivity contribution in [2.45, 2.75) is 0 Å². The Morgan fingerprint density at radius 3 is 2.80 bits per heavy atom. The number of rotatable bonds is 3. The number of nitro benzene ring substituents is 1. The summed E-state index contributed by atoms with van der Waals surface area (Å²) in [6, 6.07) is 2.78. The molecule has 0 aliphatic heterocycles. The van der Waals surface area contributed by atoms with Gasteiger partial charge in [-0.1, -0.05) is 11.6 Å². The molecule has 0 aliphatic rings. The molecule has 0 radical (unpaired) electrons. The Hall–Kier alpha value is -2.61. The van der Waals surface area contributed by atoms with Gasteiger partial charge in [-0.05, 0) is 6.07 Å². The summed E-state index contributed by atoms with van der Waals surface area (Å²) in [7, 11) is 0. The first-order chi connectivity index (χ1) is 9.47. The number of hydrogen-bond donors (Lipinski definition) is 1. The Labute approximate surface area is 116 Å². The molecule has 7 nitrogen and oxygen atoms in total. The van der Waals surface area contributed by atoms with E-state index >= 15 is 0 Å². The molecule has 1 aromatic heterocycles. The largest absolute Gasteiger partial charge is 0.318 e. The normalized spacial score (nSPS) is 10.1. The molecule has 0 saturated carbocycles. The highest BCUT2D eigenvalue weighted by Gasteiger charge is 2.15. The number of benzene rings is 1. The van der Waals surface area contributed by atoms with Crippen molar-refractivity contribution < 1.29 is 14.1 Å². The molecule has 2 rings (SSSR count). The third-order valence-corrected chi connectivity index (χ3v) is 2.43. The van der Waals surface area contributed by atoms with Crippen molar-refractivity contribution in [2.75, 3.05) is 5.32 Å². The van der Waals surface area contributed by atoms with Gasteiger partial charge in [0.2, 0.25) is 0 Å². The number of nitrogens with zero attached hydrogens (tertiary/aromatic N) is 3. The summed E-state index contributed by atoms with van der Waals surface area (Å²) in [5.41, 5.74) is -0.812. The SMILES string of the molecule is O=C(Nc1cc([N+](=O)[O-])ccc1F)c1cncc(Cl)n1. The third-order valence-electron chi connectivity index (χ3n) is 2.25. The first-order valence-corrected chi connectivity index (χ1v) is 5.58. The first kappa shape index (κ1) is 13.8. The minimum atomic E-state index is -0.807. The van der Waals surface area contributed by atoms with Crippen LogP contribution in [-0.4, -0.2) is 20.8 Å². The van der Waals surface area contributed by atoms with Crippen LogP contribution < -0.4 is 5.32 Å². The molecule has 1 N–H and O–H groups in total. The maximum Gasteiger partial charge on any atom is 0.276 e. The maximum absolute atomic E-state index is 13.5. The second-order valence-electron chi connectivity index (χ2n) is 3.60. The van der Waals surface area contributed by atoms with Crippen molar-refractivity contribution in [1.82, 2.24) is 9.97 Å². The van der Waals surface area contributed by atoms with E-state index < -0.39 is 16.6 Å². The van der Waals surface area contributed by atoms with Gasteiger partial charge in [0.1, 0.15) is 16.7 Å². The summed E-state index contributed by atoms with van der Waals surface area (Å²) in [4.78, 5) is 29.0. The molecule has 1 amide bonds. The maximum atomic E-state index is 13.5. The van der Waals surface area contributed by atoms with Gasteiger partial charge < -0.3 is 5.32 Å². The second kappa shape index (κ2) is 5.57. The highest BCUT2D eigenvalue weighted by atomic mass is 35.5. The molecule has 1 heterocycles. The lowest BCUT2D eigenvalue weighted by molar-refractivity contribution is -0.384. The summed E-state index contributed by atoms with van der Waals surface area (Å²) in [6.07, 6.45) is 2.36. The fourth-order valence-electron chi connectivity index (χ4n) is 1.36. The Morgan fingerprint density at radius 1 is 1.40 bits per heavy atom. The minimum Gasteiger partial charge on any atom is -0.318 e. The van der Waals surface area contributed by atoms with Crippen molar-refractivity contribution in [1.29, 1.82) is 0 Å². The van der Waals surface area contributed by atoms with Gasteiger partial charge in [-0.3, -0.25) is 19.9 Å². The van der Waals surface area contributed by atoms with Crippen LogP contribution in [-0.2, 0) is 0 Å². The second-order valence-corrected chi connectivity index (χ2v) is 3.99. The summed E-state index contributed by atoms with van der Waals surface area (Å²) >= 11 is 5.57. The van der Waals surface area contributed by atoms with Crippen LogP contribution in [0.3, 0.4) is 0 Å². The summed E-state index contributed by atoms with van der Waals surface area (Å²) in [5, 5.41) is 12.8. The number of nitrogens with one attached hydrogen (secondary N) is 1. The monoisotopic (exact) mass is 296 g/mol. The first-order valence-electron chi connectivity index (χ1n) is 5.20. The van der Waals surface area contributed by atoms with E-state index in [0.29, 0.717) is 0 Å². The average Bonchev–Trinajstić information content (AvgIpc) is 2.41. The molecule has 0 atom stereocenters. The number of nitro groups is 1. The third kappa shape index (κ3) is 3.04. The van der Waals surface area contributed by atoms with Gasteiger partial charge in [-0.15, -0.1) is 0 Å². The van der Waals surface area contributed by atoms with Crippen LogP contribution in [0, 0.1) is 15.9 Å². The van der Waals surface area contributed by atoms with Gasteiger partial charge in [0.05, 0.1) is 23.0 Å². The molecular formula is C11H6ClFN4O3. The Morgan fingerprint density at radius 2 is 2.15 bits per heavy atom. The van der Waals surface area contributed by atoms with E-state index in [1.54, 1.807) is 0 Å². The number of hydrogen-bond acceptors (Lipinski definition) is 5. The van der Waals surface area contributed by atoms with Crippen LogP contribution in [0.1, 0.15) is 10.5 Å².